The van der Waals surface area contributed by atoms with Crippen LogP contribution in [0, 0.1) is 11.6 Å². The van der Waals surface area contributed by atoms with Crippen LogP contribution in [0.5, 0.6) is 0 Å². The molecule has 0 saturated carbocycles. The van der Waals surface area contributed by atoms with E-state index in [1.807, 2.05) is 0 Å². The molecule has 186 valence electrons. The number of rotatable bonds is 7. The van der Waals surface area contributed by atoms with Gasteiger partial charge in [0.05, 0.1) is 21.8 Å². The Balaban J connectivity index is 1.96. The van der Waals surface area contributed by atoms with Gasteiger partial charge in [0.15, 0.2) is 0 Å². The van der Waals surface area contributed by atoms with E-state index in [9.17, 15) is 22.0 Å². The Bertz CT molecular complexity index is 1320. The zero-order valence-corrected chi connectivity index (χ0v) is 20.1. The summed E-state index contributed by atoms with van der Waals surface area (Å²) >= 11 is 12.3. The van der Waals surface area contributed by atoms with E-state index in [0.29, 0.717) is 11.1 Å². The molecule has 1 atom stereocenters. The summed E-state index contributed by atoms with van der Waals surface area (Å²) < 4.78 is 70.3. The Morgan fingerprint density at radius 2 is 1.53 bits per heavy atom. The summed E-state index contributed by atoms with van der Waals surface area (Å²) in [4.78, 5) is 4.38. The van der Waals surface area contributed by atoms with Crippen molar-refractivity contribution in [3.8, 4) is 0 Å². The minimum Gasteiger partial charge on any atom is -0.298 e. The van der Waals surface area contributed by atoms with E-state index in [1.54, 1.807) is 36.4 Å². The Labute approximate surface area is 214 Å². The summed E-state index contributed by atoms with van der Waals surface area (Å²) in [6.07, 6.45) is -3.38. The van der Waals surface area contributed by atoms with Gasteiger partial charge in [0.2, 0.25) is 0 Å². The summed E-state index contributed by atoms with van der Waals surface area (Å²) in [6, 6.07) is 18.5. The van der Waals surface area contributed by atoms with Crippen LogP contribution in [0.1, 0.15) is 27.9 Å². The predicted octanol–water partition coefficient (Wildman–Crippen LogP) is 7.96. The first-order chi connectivity index (χ1) is 17.1. The Kier molecular flexibility index (Phi) is 7.64. The molecule has 1 unspecified atom stereocenters. The molecule has 0 aliphatic carbocycles. The SMILES string of the molecule is Fc1cc(C(F)(F)F)cc(C(Cc2ccccc2)(NCc2c(F)cccc2Cl)c2ccc(Cl)cn2)c1. The number of aromatic nitrogens is 1. The first kappa shape index (κ1) is 26.1. The van der Waals surface area contributed by atoms with Crippen molar-refractivity contribution in [2.24, 2.45) is 0 Å². The molecule has 1 aromatic heterocycles. The molecule has 0 aliphatic heterocycles. The van der Waals surface area contributed by atoms with Gasteiger partial charge in [0.1, 0.15) is 11.6 Å². The molecule has 0 amide bonds. The van der Waals surface area contributed by atoms with Crippen molar-refractivity contribution in [3.63, 3.8) is 0 Å². The quantitative estimate of drug-likeness (QED) is 0.242. The minimum absolute atomic E-state index is 0.0408. The van der Waals surface area contributed by atoms with Crippen molar-refractivity contribution in [2.45, 2.75) is 24.7 Å². The van der Waals surface area contributed by atoms with Crippen LogP contribution < -0.4 is 5.32 Å². The highest BCUT2D eigenvalue weighted by molar-refractivity contribution is 6.31. The number of alkyl halides is 3. The maximum atomic E-state index is 14.6. The summed E-state index contributed by atoms with van der Waals surface area (Å²) in [7, 11) is 0. The van der Waals surface area contributed by atoms with Crippen LogP contribution in [0.15, 0.2) is 85.1 Å². The third-order valence-electron chi connectivity index (χ3n) is 5.82. The van der Waals surface area contributed by atoms with Crippen LogP contribution in [0.2, 0.25) is 10.0 Å². The third kappa shape index (κ3) is 5.69. The number of halogens is 7. The van der Waals surface area contributed by atoms with Crippen LogP contribution in [-0.2, 0) is 24.7 Å². The van der Waals surface area contributed by atoms with E-state index < -0.39 is 28.9 Å². The van der Waals surface area contributed by atoms with Crippen LogP contribution in [0.3, 0.4) is 0 Å². The van der Waals surface area contributed by atoms with Gasteiger partial charge in [-0.05, 0) is 53.6 Å². The van der Waals surface area contributed by atoms with Crippen molar-refractivity contribution >= 4 is 23.2 Å². The lowest BCUT2D eigenvalue weighted by atomic mass is 9.79. The molecule has 1 N–H and O–H groups in total. The third-order valence-corrected chi connectivity index (χ3v) is 6.40. The summed E-state index contributed by atoms with van der Waals surface area (Å²) in [6.45, 7) is -0.180. The highest BCUT2D eigenvalue weighted by atomic mass is 35.5. The number of nitrogens with one attached hydrogen (secondary N) is 1. The highest BCUT2D eigenvalue weighted by Crippen LogP contribution is 2.38. The smallest absolute Gasteiger partial charge is 0.298 e. The first-order valence-electron chi connectivity index (χ1n) is 10.8. The molecule has 0 bridgehead atoms. The number of pyridine rings is 1. The van der Waals surface area contributed by atoms with E-state index in [2.05, 4.69) is 10.3 Å². The van der Waals surface area contributed by atoms with Crippen LogP contribution >= 0.6 is 23.2 Å². The Morgan fingerprint density at radius 3 is 2.17 bits per heavy atom. The van der Waals surface area contributed by atoms with E-state index in [4.69, 9.17) is 23.2 Å². The predicted molar refractivity (Wildman–Crippen MR) is 130 cm³/mol. The fourth-order valence-corrected chi connectivity index (χ4v) is 4.41. The second-order valence-corrected chi connectivity index (χ2v) is 9.05. The molecule has 36 heavy (non-hydrogen) atoms. The van der Waals surface area contributed by atoms with E-state index >= 15 is 0 Å². The number of hydrogen-bond acceptors (Lipinski definition) is 2. The van der Waals surface area contributed by atoms with Crippen molar-refractivity contribution in [1.82, 2.24) is 10.3 Å². The molecule has 2 nitrogen and oxygen atoms in total. The second-order valence-electron chi connectivity index (χ2n) is 8.21. The lowest BCUT2D eigenvalue weighted by molar-refractivity contribution is -0.137. The van der Waals surface area contributed by atoms with Crippen LogP contribution in [0.25, 0.3) is 0 Å². The molecule has 0 saturated heterocycles. The molecular formula is C27H19Cl2F5N2. The average molecular weight is 537 g/mol. The van der Waals surface area contributed by atoms with E-state index in [-0.39, 0.29) is 34.8 Å². The minimum atomic E-state index is -4.79. The molecule has 3 aromatic carbocycles. The molecule has 1 heterocycles. The van der Waals surface area contributed by atoms with Gasteiger partial charge < -0.3 is 0 Å². The van der Waals surface area contributed by atoms with Gasteiger partial charge in [0.25, 0.3) is 0 Å². The molecule has 0 radical (unpaired) electrons. The van der Waals surface area contributed by atoms with Crippen molar-refractivity contribution in [2.75, 3.05) is 0 Å². The maximum Gasteiger partial charge on any atom is 0.416 e. The van der Waals surface area contributed by atoms with Crippen molar-refractivity contribution in [1.29, 1.82) is 0 Å². The standard InChI is InChI=1S/C27H19Cl2F5N2/c28-20-9-10-25(35-15-20)26(14-17-5-2-1-3-6-17,36-16-22-23(29)7-4-8-24(22)31)18-11-19(27(32,33)34)13-21(30)12-18/h1-13,15,36H,14,16H2. The molecule has 4 rings (SSSR count). The molecule has 0 fully saturated rings. The van der Waals surface area contributed by atoms with Gasteiger partial charge in [-0.3, -0.25) is 10.3 Å². The van der Waals surface area contributed by atoms with Gasteiger partial charge in [-0.1, -0.05) is 59.6 Å². The van der Waals surface area contributed by atoms with Crippen molar-refractivity contribution < 1.29 is 22.0 Å². The average Bonchev–Trinajstić information content (AvgIpc) is 2.83. The second kappa shape index (κ2) is 10.5. The van der Waals surface area contributed by atoms with Gasteiger partial charge in [0, 0.05) is 29.7 Å². The zero-order chi connectivity index (χ0) is 25.9. The fraction of sp³-hybridized carbons (Fsp3) is 0.148. The van der Waals surface area contributed by atoms with Gasteiger partial charge in [-0.15, -0.1) is 0 Å². The lowest BCUT2D eigenvalue weighted by Gasteiger charge is -2.36. The fourth-order valence-electron chi connectivity index (χ4n) is 4.07. The summed E-state index contributed by atoms with van der Waals surface area (Å²) in [5, 5.41) is 3.61. The highest BCUT2D eigenvalue weighted by Gasteiger charge is 2.39. The Hall–Kier alpha value is -3.00. The maximum absolute atomic E-state index is 14.6. The molecule has 4 aromatic rings. The molecular weight excluding hydrogens is 518 g/mol. The zero-order valence-electron chi connectivity index (χ0n) is 18.6. The Morgan fingerprint density at radius 1 is 0.806 bits per heavy atom. The monoisotopic (exact) mass is 536 g/mol. The van der Waals surface area contributed by atoms with E-state index in [0.717, 1.165) is 17.7 Å². The largest absolute Gasteiger partial charge is 0.416 e. The summed E-state index contributed by atoms with van der Waals surface area (Å²) in [5.74, 6) is -1.67. The molecule has 9 heteroatoms. The summed E-state index contributed by atoms with van der Waals surface area (Å²) in [5.41, 5.74) is -1.62. The lowest BCUT2D eigenvalue weighted by Crippen LogP contribution is -2.46. The number of benzene rings is 3. The van der Waals surface area contributed by atoms with Crippen molar-refractivity contribution in [3.05, 3.63) is 135 Å². The van der Waals surface area contributed by atoms with E-state index in [1.165, 1.54) is 30.5 Å². The van der Waals surface area contributed by atoms with Gasteiger partial charge >= 0.3 is 6.18 Å². The van der Waals surface area contributed by atoms with Gasteiger partial charge in [-0.2, -0.15) is 13.2 Å². The number of nitrogens with zero attached hydrogens (tertiary/aromatic N) is 1. The van der Waals surface area contributed by atoms with Crippen LogP contribution in [-0.4, -0.2) is 4.98 Å². The van der Waals surface area contributed by atoms with Gasteiger partial charge in [-0.25, -0.2) is 8.78 Å². The first-order valence-corrected chi connectivity index (χ1v) is 11.6. The van der Waals surface area contributed by atoms with Crippen LogP contribution in [0.4, 0.5) is 22.0 Å². The molecule has 0 aliphatic rings. The normalized spacial score (nSPS) is 13.4. The number of hydrogen-bond donors (Lipinski definition) is 1. The topological polar surface area (TPSA) is 24.9 Å². The molecule has 0 spiro atoms.